The molecule has 2 aliphatic rings. The number of aryl methyl sites for hydroxylation is 1. The van der Waals surface area contributed by atoms with Crippen LogP contribution in [0.25, 0.3) is 0 Å². The highest BCUT2D eigenvalue weighted by Gasteiger charge is 2.41. The van der Waals surface area contributed by atoms with Crippen LogP contribution in [0.1, 0.15) is 39.1 Å². The summed E-state index contributed by atoms with van der Waals surface area (Å²) in [7, 11) is 0. The number of benzene rings is 2. The molecule has 0 aromatic heterocycles. The van der Waals surface area contributed by atoms with Crippen molar-refractivity contribution >= 4 is 11.8 Å². The minimum Gasteiger partial charge on any atom is -0.490 e. The molecule has 0 radical (unpaired) electrons. The summed E-state index contributed by atoms with van der Waals surface area (Å²) in [4.78, 5) is 27.4. The standard InChI is InChI=1S/C21H22N2O3/c1-15-7-9-16(10-8-15)20(25)23-12-4-11-21(13-23)14-26-18-6-3-2-5-17(18)19(24)22-21/h2-3,5-10H,4,11-14H2,1H3,(H,22,24). The van der Waals surface area contributed by atoms with Crippen molar-refractivity contribution < 1.29 is 14.3 Å². The van der Waals surface area contributed by atoms with Crippen molar-refractivity contribution in [2.75, 3.05) is 19.7 Å². The average Bonchev–Trinajstić information content (AvgIpc) is 2.79. The van der Waals surface area contributed by atoms with Crippen LogP contribution in [-0.4, -0.2) is 41.9 Å². The summed E-state index contributed by atoms with van der Waals surface area (Å²) >= 11 is 0. The van der Waals surface area contributed by atoms with Crippen LogP contribution in [0.2, 0.25) is 0 Å². The fourth-order valence-corrected chi connectivity index (χ4v) is 3.74. The van der Waals surface area contributed by atoms with Gasteiger partial charge in [0.05, 0.1) is 11.1 Å². The zero-order chi connectivity index (χ0) is 18.1. The molecule has 2 heterocycles. The molecule has 5 nitrogen and oxygen atoms in total. The SMILES string of the molecule is Cc1ccc(C(=O)N2CCCC3(COc4ccccc4C(=O)N3)C2)cc1. The average molecular weight is 350 g/mol. The van der Waals surface area contributed by atoms with Crippen LogP contribution >= 0.6 is 0 Å². The Bertz CT molecular complexity index is 847. The fourth-order valence-electron chi connectivity index (χ4n) is 3.74. The van der Waals surface area contributed by atoms with Gasteiger partial charge in [0.25, 0.3) is 11.8 Å². The minimum atomic E-state index is -0.547. The molecule has 1 unspecified atom stereocenters. The first-order chi connectivity index (χ1) is 12.6. The van der Waals surface area contributed by atoms with E-state index in [4.69, 9.17) is 4.74 Å². The van der Waals surface area contributed by atoms with E-state index in [-0.39, 0.29) is 11.8 Å². The molecule has 4 rings (SSSR count). The van der Waals surface area contributed by atoms with Gasteiger partial charge in [-0.1, -0.05) is 29.8 Å². The first kappa shape index (κ1) is 16.6. The Hall–Kier alpha value is -2.82. The normalized spacial score (nSPS) is 22.2. The number of carbonyl (C=O) groups is 2. The Morgan fingerprint density at radius 2 is 1.92 bits per heavy atom. The maximum atomic E-state index is 12.9. The third-order valence-corrected chi connectivity index (χ3v) is 5.18. The summed E-state index contributed by atoms with van der Waals surface area (Å²) in [5, 5.41) is 3.14. The van der Waals surface area contributed by atoms with Gasteiger partial charge in [-0.3, -0.25) is 9.59 Å². The molecule has 1 fully saturated rings. The van der Waals surface area contributed by atoms with Crippen molar-refractivity contribution in [1.82, 2.24) is 10.2 Å². The molecule has 1 atom stereocenters. The maximum absolute atomic E-state index is 12.9. The van der Waals surface area contributed by atoms with Gasteiger partial charge in [-0.05, 0) is 44.0 Å². The quantitative estimate of drug-likeness (QED) is 0.860. The van der Waals surface area contributed by atoms with Crippen LogP contribution in [0.4, 0.5) is 0 Å². The van der Waals surface area contributed by atoms with Gasteiger partial charge < -0.3 is 15.0 Å². The summed E-state index contributed by atoms with van der Waals surface area (Å²) in [5.74, 6) is 0.465. The second-order valence-corrected chi connectivity index (χ2v) is 7.22. The first-order valence-electron chi connectivity index (χ1n) is 8.97. The number of hydrogen-bond acceptors (Lipinski definition) is 3. The van der Waals surface area contributed by atoms with Gasteiger partial charge in [0, 0.05) is 18.7 Å². The topological polar surface area (TPSA) is 58.6 Å². The number of piperidine rings is 1. The Labute approximate surface area is 153 Å². The molecule has 2 aromatic rings. The Kier molecular flexibility index (Phi) is 4.15. The van der Waals surface area contributed by atoms with Gasteiger partial charge in [-0.15, -0.1) is 0 Å². The van der Waals surface area contributed by atoms with Crippen molar-refractivity contribution in [1.29, 1.82) is 0 Å². The molecular weight excluding hydrogens is 328 g/mol. The molecule has 0 aliphatic carbocycles. The molecule has 5 heteroatoms. The van der Waals surface area contributed by atoms with Crippen LogP contribution in [0, 0.1) is 6.92 Å². The molecule has 1 saturated heterocycles. The van der Waals surface area contributed by atoms with Gasteiger partial charge in [-0.25, -0.2) is 0 Å². The van der Waals surface area contributed by atoms with Crippen LogP contribution in [0.5, 0.6) is 5.75 Å². The molecule has 26 heavy (non-hydrogen) atoms. The molecule has 2 aliphatic heterocycles. The predicted octanol–water partition coefficient (Wildman–Crippen LogP) is 2.79. The molecule has 0 bridgehead atoms. The molecular formula is C21H22N2O3. The monoisotopic (exact) mass is 350 g/mol. The lowest BCUT2D eigenvalue weighted by atomic mass is 9.89. The van der Waals surface area contributed by atoms with Crippen LogP contribution < -0.4 is 10.1 Å². The Balaban J connectivity index is 1.56. The van der Waals surface area contributed by atoms with E-state index in [1.165, 1.54) is 0 Å². The number of carbonyl (C=O) groups excluding carboxylic acids is 2. The fraction of sp³-hybridized carbons (Fsp3) is 0.333. The number of ether oxygens (including phenoxy) is 1. The number of nitrogens with one attached hydrogen (secondary N) is 1. The van der Waals surface area contributed by atoms with E-state index in [0.717, 1.165) is 18.4 Å². The minimum absolute atomic E-state index is 0.0000788. The molecule has 134 valence electrons. The zero-order valence-electron chi connectivity index (χ0n) is 14.8. The van der Waals surface area contributed by atoms with Crippen molar-refractivity contribution in [3.05, 3.63) is 65.2 Å². The number of para-hydroxylation sites is 1. The second-order valence-electron chi connectivity index (χ2n) is 7.22. The zero-order valence-corrected chi connectivity index (χ0v) is 14.8. The van der Waals surface area contributed by atoms with E-state index >= 15 is 0 Å². The van der Waals surface area contributed by atoms with Gasteiger partial charge in [0.2, 0.25) is 0 Å². The first-order valence-corrected chi connectivity index (χ1v) is 8.97. The summed E-state index contributed by atoms with van der Waals surface area (Å²) in [6, 6.07) is 14.9. The molecule has 0 saturated carbocycles. The summed E-state index contributed by atoms with van der Waals surface area (Å²) < 4.78 is 5.94. The summed E-state index contributed by atoms with van der Waals surface area (Å²) in [6.07, 6.45) is 1.63. The maximum Gasteiger partial charge on any atom is 0.255 e. The van der Waals surface area contributed by atoms with Crippen molar-refractivity contribution in [3.8, 4) is 5.75 Å². The number of nitrogens with zero attached hydrogens (tertiary/aromatic N) is 1. The summed E-state index contributed by atoms with van der Waals surface area (Å²) in [6.45, 7) is 3.52. The van der Waals surface area contributed by atoms with Gasteiger partial charge in [-0.2, -0.15) is 0 Å². The van der Waals surface area contributed by atoms with Crippen LogP contribution in [-0.2, 0) is 0 Å². The lowest BCUT2D eigenvalue weighted by molar-refractivity contribution is 0.0490. The smallest absolute Gasteiger partial charge is 0.255 e. The highest BCUT2D eigenvalue weighted by atomic mass is 16.5. The van der Waals surface area contributed by atoms with E-state index in [9.17, 15) is 9.59 Å². The largest absolute Gasteiger partial charge is 0.490 e. The van der Waals surface area contributed by atoms with Gasteiger partial charge in [0.1, 0.15) is 12.4 Å². The lowest BCUT2D eigenvalue weighted by Gasteiger charge is -2.42. The van der Waals surface area contributed by atoms with Crippen molar-refractivity contribution in [2.24, 2.45) is 0 Å². The number of rotatable bonds is 1. The van der Waals surface area contributed by atoms with Gasteiger partial charge >= 0.3 is 0 Å². The number of amides is 2. The van der Waals surface area contributed by atoms with Crippen LogP contribution in [0.3, 0.4) is 0 Å². The number of likely N-dealkylation sites (tertiary alicyclic amines) is 1. The third kappa shape index (κ3) is 3.05. The van der Waals surface area contributed by atoms with Crippen LogP contribution in [0.15, 0.2) is 48.5 Å². The van der Waals surface area contributed by atoms with E-state index in [1.54, 1.807) is 6.07 Å². The lowest BCUT2D eigenvalue weighted by Crippen LogP contribution is -2.61. The highest BCUT2D eigenvalue weighted by Crippen LogP contribution is 2.29. The van der Waals surface area contributed by atoms with E-state index in [1.807, 2.05) is 54.3 Å². The van der Waals surface area contributed by atoms with Crippen molar-refractivity contribution in [3.63, 3.8) is 0 Å². The molecule has 2 aromatic carbocycles. The number of fused-ring (bicyclic) bond motifs is 1. The highest BCUT2D eigenvalue weighted by molar-refractivity contribution is 5.98. The third-order valence-electron chi connectivity index (χ3n) is 5.18. The molecule has 1 N–H and O–H groups in total. The molecule has 1 spiro atoms. The Morgan fingerprint density at radius 1 is 1.15 bits per heavy atom. The van der Waals surface area contributed by atoms with E-state index < -0.39 is 5.54 Å². The molecule has 2 amide bonds. The van der Waals surface area contributed by atoms with Gasteiger partial charge in [0.15, 0.2) is 0 Å². The van der Waals surface area contributed by atoms with E-state index in [2.05, 4.69) is 5.32 Å². The van der Waals surface area contributed by atoms with Crippen molar-refractivity contribution in [2.45, 2.75) is 25.3 Å². The van der Waals surface area contributed by atoms with E-state index in [0.29, 0.717) is 36.6 Å². The summed E-state index contributed by atoms with van der Waals surface area (Å²) in [5.41, 5.74) is 1.80. The predicted molar refractivity (Wildman–Crippen MR) is 98.5 cm³/mol. The second kappa shape index (κ2) is 6.48. The Morgan fingerprint density at radius 3 is 2.73 bits per heavy atom. The number of hydrogen-bond donors (Lipinski definition) is 1.